The van der Waals surface area contributed by atoms with Crippen molar-refractivity contribution in [3.8, 4) is 0 Å². The molecule has 1 aromatic carbocycles. The van der Waals surface area contributed by atoms with E-state index in [9.17, 15) is 14.4 Å². The maximum Gasteiger partial charge on any atom is 0.340 e. The van der Waals surface area contributed by atoms with E-state index in [0.717, 1.165) is 0 Å². The van der Waals surface area contributed by atoms with Gasteiger partial charge in [0.2, 0.25) is 11.8 Å². The van der Waals surface area contributed by atoms with Crippen LogP contribution in [0.4, 0.5) is 5.69 Å². The second-order valence-electron chi connectivity index (χ2n) is 6.41. The van der Waals surface area contributed by atoms with Crippen LogP contribution in [0.1, 0.15) is 45.0 Å². The monoisotopic (exact) mass is 334 g/mol. The van der Waals surface area contributed by atoms with Gasteiger partial charge >= 0.3 is 5.97 Å². The second kappa shape index (κ2) is 8.47. The minimum Gasteiger partial charge on any atom is -0.462 e. The first kappa shape index (κ1) is 19.7. The predicted molar refractivity (Wildman–Crippen MR) is 92.9 cm³/mol. The standard InChI is InChI=1S/C18H26N2O4/c1-6-24-16(22)14-9-7-8-10-15(14)20(13(2)21)12-11-19-17(23)18(3,4)5/h7-10H,6,11-12H2,1-5H3,(H,19,23). The molecule has 24 heavy (non-hydrogen) atoms. The van der Waals surface area contributed by atoms with Crippen LogP contribution < -0.4 is 10.2 Å². The van der Waals surface area contributed by atoms with E-state index in [0.29, 0.717) is 17.8 Å². The number of para-hydroxylation sites is 1. The van der Waals surface area contributed by atoms with Crippen LogP contribution in [0.25, 0.3) is 0 Å². The smallest absolute Gasteiger partial charge is 0.340 e. The number of amides is 2. The predicted octanol–water partition coefficient (Wildman–Crippen LogP) is 2.38. The molecule has 0 saturated carbocycles. The van der Waals surface area contributed by atoms with Crippen LogP contribution in [-0.2, 0) is 14.3 Å². The third kappa shape index (κ3) is 5.37. The Hall–Kier alpha value is -2.37. The van der Waals surface area contributed by atoms with Gasteiger partial charge in [0.25, 0.3) is 0 Å². The van der Waals surface area contributed by atoms with Gasteiger partial charge in [0.15, 0.2) is 0 Å². The van der Waals surface area contributed by atoms with Gasteiger partial charge in [-0.1, -0.05) is 32.9 Å². The Kier molecular flexibility index (Phi) is 6.95. The number of nitrogens with one attached hydrogen (secondary N) is 1. The van der Waals surface area contributed by atoms with E-state index in [1.807, 2.05) is 20.8 Å². The summed E-state index contributed by atoms with van der Waals surface area (Å²) in [7, 11) is 0. The second-order valence-corrected chi connectivity index (χ2v) is 6.41. The molecule has 0 atom stereocenters. The Morgan fingerprint density at radius 2 is 1.79 bits per heavy atom. The first-order valence-corrected chi connectivity index (χ1v) is 8.01. The van der Waals surface area contributed by atoms with Gasteiger partial charge in [-0.05, 0) is 19.1 Å². The van der Waals surface area contributed by atoms with E-state index < -0.39 is 11.4 Å². The Morgan fingerprint density at radius 3 is 2.33 bits per heavy atom. The Labute approximate surface area is 143 Å². The lowest BCUT2D eigenvalue weighted by molar-refractivity contribution is -0.128. The fraction of sp³-hybridized carbons (Fsp3) is 0.500. The molecule has 0 aromatic heterocycles. The van der Waals surface area contributed by atoms with E-state index in [4.69, 9.17) is 4.74 Å². The molecule has 0 heterocycles. The summed E-state index contributed by atoms with van der Waals surface area (Å²) in [6.07, 6.45) is 0. The zero-order valence-electron chi connectivity index (χ0n) is 15.0. The number of hydrogen-bond donors (Lipinski definition) is 1. The highest BCUT2D eigenvalue weighted by molar-refractivity contribution is 6.02. The van der Waals surface area contributed by atoms with Crippen LogP contribution in [0.2, 0.25) is 0 Å². The molecule has 0 aliphatic rings. The third-order valence-corrected chi connectivity index (χ3v) is 3.37. The lowest BCUT2D eigenvalue weighted by Gasteiger charge is -2.24. The van der Waals surface area contributed by atoms with Crippen molar-refractivity contribution >= 4 is 23.5 Å². The van der Waals surface area contributed by atoms with E-state index in [2.05, 4.69) is 5.32 Å². The minimum atomic E-state index is -0.496. The Balaban J connectivity index is 2.92. The van der Waals surface area contributed by atoms with E-state index in [1.54, 1.807) is 31.2 Å². The van der Waals surface area contributed by atoms with Gasteiger partial charge in [-0.3, -0.25) is 9.59 Å². The maximum absolute atomic E-state index is 12.1. The van der Waals surface area contributed by atoms with Crippen molar-refractivity contribution in [3.63, 3.8) is 0 Å². The SMILES string of the molecule is CCOC(=O)c1ccccc1N(CCNC(=O)C(C)(C)C)C(C)=O. The van der Waals surface area contributed by atoms with Crippen molar-refractivity contribution in [3.05, 3.63) is 29.8 Å². The van der Waals surface area contributed by atoms with Crippen molar-refractivity contribution in [1.82, 2.24) is 5.32 Å². The number of ether oxygens (including phenoxy) is 1. The lowest BCUT2D eigenvalue weighted by atomic mass is 9.96. The average Bonchev–Trinajstić information content (AvgIpc) is 2.50. The number of nitrogens with zero attached hydrogens (tertiary/aromatic N) is 1. The number of esters is 1. The quantitative estimate of drug-likeness (QED) is 0.811. The molecule has 1 aromatic rings. The molecule has 0 fully saturated rings. The van der Waals surface area contributed by atoms with Crippen molar-refractivity contribution < 1.29 is 19.1 Å². The molecule has 0 unspecified atom stereocenters. The summed E-state index contributed by atoms with van der Waals surface area (Å²) in [5, 5.41) is 2.80. The summed E-state index contributed by atoms with van der Waals surface area (Å²) in [5.41, 5.74) is 0.314. The van der Waals surface area contributed by atoms with Crippen LogP contribution in [0.3, 0.4) is 0 Å². The topological polar surface area (TPSA) is 75.7 Å². The zero-order chi connectivity index (χ0) is 18.3. The van der Waals surface area contributed by atoms with Crippen molar-refractivity contribution in [2.24, 2.45) is 5.41 Å². The van der Waals surface area contributed by atoms with Gasteiger partial charge in [0, 0.05) is 25.4 Å². The van der Waals surface area contributed by atoms with Gasteiger partial charge in [0.05, 0.1) is 17.9 Å². The number of hydrogen-bond acceptors (Lipinski definition) is 4. The number of benzene rings is 1. The molecule has 0 aliphatic carbocycles. The molecule has 6 nitrogen and oxygen atoms in total. The van der Waals surface area contributed by atoms with E-state index in [1.165, 1.54) is 11.8 Å². The molecular formula is C18H26N2O4. The van der Waals surface area contributed by atoms with Gasteiger partial charge < -0.3 is 15.0 Å². The fourth-order valence-corrected chi connectivity index (χ4v) is 2.08. The molecule has 0 saturated heterocycles. The van der Waals surface area contributed by atoms with Crippen LogP contribution >= 0.6 is 0 Å². The van der Waals surface area contributed by atoms with Gasteiger partial charge in [0.1, 0.15) is 0 Å². The van der Waals surface area contributed by atoms with E-state index in [-0.39, 0.29) is 25.0 Å². The number of rotatable bonds is 6. The molecule has 0 bridgehead atoms. The summed E-state index contributed by atoms with van der Waals surface area (Å²) in [4.78, 5) is 37.5. The largest absolute Gasteiger partial charge is 0.462 e. The van der Waals surface area contributed by atoms with Crippen molar-refractivity contribution in [2.75, 3.05) is 24.6 Å². The molecule has 1 N–H and O–H groups in total. The third-order valence-electron chi connectivity index (χ3n) is 3.37. The zero-order valence-corrected chi connectivity index (χ0v) is 15.0. The maximum atomic E-state index is 12.1. The first-order valence-electron chi connectivity index (χ1n) is 8.01. The van der Waals surface area contributed by atoms with Gasteiger partial charge in [-0.15, -0.1) is 0 Å². The lowest BCUT2D eigenvalue weighted by Crippen LogP contribution is -2.41. The fourth-order valence-electron chi connectivity index (χ4n) is 2.08. The molecule has 2 amide bonds. The molecule has 132 valence electrons. The molecule has 0 radical (unpaired) electrons. The van der Waals surface area contributed by atoms with Gasteiger partial charge in [-0.25, -0.2) is 4.79 Å². The summed E-state index contributed by atoms with van der Waals surface area (Å²) in [5.74, 6) is -0.778. The summed E-state index contributed by atoms with van der Waals surface area (Å²) in [6.45, 7) is 9.44. The summed E-state index contributed by atoms with van der Waals surface area (Å²) in [6, 6.07) is 6.79. The van der Waals surface area contributed by atoms with Crippen molar-refractivity contribution in [1.29, 1.82) is 0 Å². The average molecular weight is 334 g/mol. The molecule has 6 heteroatoms. The molecular weight excluding hydrogens is 308 g/mol. The number of carbonyl (C=O) groups excluding carboxylic acids is 3. The normalized spacial score (nSPS) is 10.9. The van der Waals surface area contributed by atoms with Crippen LogP contribution in [0.5, 0.6) is 0 Å². The number of anilines is 1. The van der Waals surface area contributed by atoms with Crippen molar-refractivity contribution in [2.45, 2.75) is 34.6 Å². The number of carbonyl (C=O) groups is 3. The Morgan fingerprint density at radius 1 is 1.17 bits per heavy atom. The van der Waals surface area contributed by atoms with Crippen LogP contribution in [0.15, 0.2) is 24.3 Å². The van der Waals surface area contributed by atoms with Crippen LogP contribution in [-0.4, -0.2) is 37.5 Å². The van der Waals surface area contributed by atoms with Crippen LogP contribution in [0, 0.1) is 5.41 Å². The Bertz CT molecular complexity index is 605. The van der Waals surface area contributed by atoms with E-state index >= 15 is 0 Å². The first-order chi connectivity index (χ1) is 11.2. The highest BCUT2D eigenvalue weighted by Crippen LogP contribution is 2.21. The summed E-state index contributed by atoms with van der Waals surface area (Å²) < 4.78 is 5.04. The minimum absolute atomic E-state index is 0.0929. The highest BCUT2D eigenvalue weighted by atomic mass is 16.5. The molecule has 0 aliphatic heterocycles. The van der Waals surface area contributed by atoms with Gasteiger partial charge in [-0.2, -0.15) is 0 Å². The highest BCUT2D eigenvalue weighted by Gasteiger charge is 2.23. The molecule has 0 spiro atoms. The summed E-state index contributed by atoms with van der Waals surface area (Å²) >= 11 is 0. The molecule has 1 rings (SSSR count).